The van der Waals surface area contributed by atoms with Crippen molar-refractivity contribution >= 4 is 5.91 Å². The quantitative estimate of drug-likeness (QED) is 0.772. The second kappa shape index (κ2) is 7.07. The Balaban J connectivity index is 1.72. The van der Waals surface area contributed by atoms with Crippen molar-refractivity contribution < 1.29 is 14.3 Å². The van der Waals surface area contributed by atoms with Crippen LogP contribution < -0.4 is 5.32 Å². The van der Waals surface area contributed by atoms with Crippen LogP contribution in [0.4, 0.5) is 0 Å². The molecule has 2 aliphatic rings. The fourth-order valence-electron chi connectivity index (χ4n) is 3.45. The SMILES string of the molecule is CCO[C@@H]1C[C@H](N(C)C(=O)CNC[C@H]2CCCO2)C1(C)C. The predicted molar refractivity (Wildman–Crippen MR) is 82.2 cm³/mol. The van der Waals surface area contributed by atoms with Gasteiger partial charge in [0.25, 0.3) is 0 Å². The van der Waals surface area contributed by atoms with E-state index in [4.69, 9.17) is 9.47 Å². The lowest BCUT2D eigenvalue weighted by Gasteiger charge is -2.54. The molecule has 0 aromatic heterocycles. The fourth-order valence-corrected chi connectivity index (χ4v) is 3.45. The highest BCUT2D eigenvalue weighted by Gasteiger charge is 2.51. The summed E-state index contributed by atoms with van der Waals surface area (Å²) in [7, 11) is 1.91. The first kappa shape index (κ1) is 16.7. The van der Waals surface area contributed by atoms with Gasteiger partial charge in [-0.1, -0.05) is 13.8 Å². The Labute approximate surface area is 128 Å². The maximum atomic E-state index is 12.3. The summed E-state index contributed by atoms with van der Waals surface area (Å²) in [4.78, 5) is 14.2. The first-order valence-corrected chi connectivity index (χ1v) is 8.16. The summed E-state index contributed by atoms with van der Waals surface area (Å²) in [6.45, 7) is 9.15. The highest BCUT2D eigenvalue weighted by Crippen LogP contribution is 2.45. The van der Waals surface area contributed by atoms with Gasteiger partial charge < -0.3 is 19.7 Å². The number of likely N-dealkylation sites (N-methyl/N-ethyl adjacent to an activating group) is 1. The Morgan fingerprint density at radius 2 is 2.24 bits per heavy atom. The maximum Gasteiger partial charge on any atom is 0.236 e. The minimum Gasteiger partial charge on any atom is -0.378 e. The normalized spacial score (nSPS) is 31.0. The third-order valence-electron chi connectivity index (χ3n) is 5.03. The van der Waals surface area contributed by atoms with E-state index in [2.05, 4.69) is 19.2 Å². The standard InChI is InChI=1S/C16H30N2O3/c1-5-20-14-9-13(16(14,2)3)18(4)15(19)11-17-10-12-7-6-8-21-12/h12-14,17H,5-11H2,1-4H3/t12-,13+,14-/m1/s1. The first-order chi connectivity index (χ1) is 9.96. The van der Waals surface area contributed by atoms with E-state index in [1.54, 1.807) is 0 Å². The van der Waals surface area contributed by atoms with E-state index in [1.165, 1.54) is 0 Å². The van der Waals surface area contributed by atoms with Crippen LogP contribution in [0.3, 0.4) is 0 Å². The van der Waals surface area contributed by atoms with Gasteiger partial charge in [0, 0.05) is 38.3 Å². The van der Waals surface area contributed by atoms with E-state index in [1.807, 2.05) is 18.9 Å². The molecule has 1 saturated heterocycles. The number of carbonyl (C=O) groups is 1. The number of ether oxygens (including phenoxy) is 2. The molecule has 122 valence electrons. The molecule has 3 atom stereocenters. The number of hydrogen-bond acceptors (Lipinski definition) is 4. The molecule has 5 heteroatoms. The minimum absolute atomic E-state index is 0.0367. The molecule has 5 nitrogen and oxygen atoms in total. The second-order valence-electron chi connectivity index (χ2n) is 6.79. The maximum absolute atomic E-state index is 12.3. The van der Waals surface area contributed by atoms with Gasteiger partial charge in [-0.2, -0.15) is 0 Å². The van der Waals surface area contributed by atoms with Crippen molar-refractivity contribution in [1.29, 1.82) is 0 Å². The molecule has 0 bridgehead atoms. The Hall–Kier alpha value is -0.650. The monoisotopic (exact) mass is 298 g/mol. The summed E-state index contributed by atoms with van der Waals surface area (Å²) in [5.74, 6) is 0.154. The molecular weight excluding hydrogens is 268 g/mol. The number of nitrogens with one attached hydrogen (secondary N) is 1. The van der Waals surface area contributed by atoms with Crippen molar-refractivity contribution in [2.75, 3.05) is 33.4 Å². The molecule has 1 aliphatic heterocycles. The van der Waals surface area contributed by atoms with Crippen molar-refractivity contribution in [3.8, 4) is 0 Å². The highest BCUT2D eigenvalue weighted by atomic mass is 16.5. The molecule has 2 rings (SSSR count). The first-order valence-electron chi connectivity index (χ1n) is 8.16. The van der Waals surface area contributed by atoms with Crippen LogP contribution in [0.25, 0.3) is 0 Å². The Morgan fingerprint density at radius 3 is 2.81 bits per heavy atom. The molecule has 0 aromatic carbocycles. The van der Waals surface area contributed by atoms with Crippen LogP contribution >= 0.6 is 0 Å². The van der Waals surface area contributed by atoms with E-state index < -0.39 is 0 Å². The zero-order chi connectivity index (χ0) is 15.5. The van der Waals surface area contributed by atoms with Crippen LogP contribution in [0.1, 0.15) is 40.0 Å². The van der Waals surface area contributed by atoms with E-state index in [0.29, 0.717) is 6.54 Å². The number of carbonyl (C=O) groups excluding carboxylic acids is 1. The Bertz CT molecular complexity index is 353. The zero-order valence-electron chi connectivity index (χ0n) is 13.9. The van der Waals surface area contributed by atoms with Crippen LogP contribution in [0.2, 0.25) is 0 Å². The van der Waals surface area contributed by atoms with Gasteiger partial charge in [-0.15, -0.1) is 0 Å². The van der Waals surface area contributed by atoms with Gasteiger partial charge in [-0.05, 0) is 26.2 Å². The molecule has 2 fully saturated rings. The van der Waals surface area contributed by atoms with Gasteiger partial charge in [-0.25, -0.2) is 0 Å². The molecule has 1 amide bonds. The summed E-state index contributed by atoms with van der Waals surface area (Å²) in [5.41, 5.74) is 0.0367. The van der Waals surface area contributed by atoms with Gasteiger partial charge in [0.2, 0.25) is 5.91 Å². The molecule has 1 aliphatic carbocycles. The Morgan fingerprint density at radius 1 is 1.48 bits per heavy atom. The van der Waals surface area contributed by atoms with Gasteiger partial charge in [0.15, 0.2) is 0 Å². The molecule has 0 spiro atoms. The smallest absolute Gasteiger partial charge is 0.236 e. The van der Waals surface area contributed by atoms with Crippen molar-refractivity contribution in [3.63, 3.8) is 0 Å². The zero-order valence-corrected chi connectivity index (χ0v) is 13.9. The minimum atomic E-state index is 0.0367. The summed E-state index contributed by atoms with van der Waals surface area (Å²) >= 11 is 0. The average Bonchev–Trinajstić information content (AvgIpc) is 2.95. The van der Waals surface area contributed by atoms with Crippen LogP contribution in [-0.2, 0) is 14.3 Å². The molecule has 1 N–H and O–H groups in total. The third-order valence-corrected chi connectivity index (χ3v) is 5.03. The number of amides is 1. The summed E-state index contributed by atoms with van der Waals surface area (Å²) in [5, 5.41) is 3.23. The number of nitrogens with zero attached hydrogens (tertiary/aromatic N) is 1. The lowest BCUT2D eigenvalue weighted by atomic mass is 9.64. The van der Waals surface area contributed by atoms with Gasteiger partial charge in [0.05, 0.1) is 18.8 Å². The Kier molecular flexibility index (Phi) is 5.63. The second-order valence-corrected chi connectivity index (χ2v) is 6.79. The van der Waals surface area contributed by atoms with E-state index in [0.717, 1.165) is 39.0 Å². The van der Waals surface area contributed by atoms with Crippen molar-refractivity contribution in [3.05, 3.63) is 0 Å². The highest BCUT2D eigenvalue weighted by molar-refractivity contribution is 5.78. The third kappa shape index (κ3) is 3.76. The molecule has 1 heterocycles. The molecule has 0 unspecified atom stereocenters. The van der Waals surface area contributed by atoms with E-state index in [-0.39, 0.29) is 29.6 Å². The number of hydrogen-bond donors (Lipinski definition) is 1. The van der Waals surface area contributed by atoms with Gasteiger partial charge >= 0.3 is 0 Å². The summed E-state index contributed by atoms with van der Waals surface area (Å²) in [6, 6.07) is 0.270. The molecule has 21 heavy (non-hydrogen) atoms. The van der Waals surface area contributed by atoms with Crippen molar-refractivity contribution in [2.45, 2.75) is 58.3 Å². The topological polar surface area (TPSA) is 50.8 Å². The molecular formula is C16H30N2O3. The fraction of sp³-hybridized carbons (Fsp3) is 0.938. The van der Waals surface area contributed by atoms with Crippen LogP contribution in [-0.4, -0.2) is 62.4 Å². The van der Waals surface area contributed by atoms with Crippen LogP contribution in [0.15, 0.2) is 0 Å². The summed E-state index contributed by atoms with van der Waals surface area (Å²) < 4.78 is 11.3. The van der Waals surface area contributed by atoms with Crippen LogP contribution in [0, 0.1) is 5.41 Å². The summed E-state index contributed by atoms with van der Waals surface area (Å²) in [6.07, 6.45) is 3.72. The van der Waals surface area contributed by atoms with Crippen molar-refractivity contribution in [1.82, 2.24) is 10.2 Å². The molecule has 0 radical (unpaired) electrons. The van der Waals surface area contributed by atoms with E-state index in [9.17, 15) is 4.79 Å². The largest absolute Gasteiger partial charge is 0.378 e. The van der Waals surface area contributed by atoms with Gasteiger partial charge in [-0.3, -0.25) is 4.79 Å². The lowest BCUT2D eigenvalue weighted by molar-refractivity contribution is -0.162. The molecule has 1 saturated carbocycles. The predicted octanol–water partition coefficient (Wildman–Crippen LogP) is 1.42. The number of rotatable bonds is 7. The molecule has 0 aromatic rings. The van der Waals surface area contributed by atoms with Crippen molar-refractivity contribution in [2.24, 2.45) is 5.41 Å². The average molecular weight is 298 g/mol. The van der Waals surface area contributed by atoms with Gasteiger partial charge in [0.1, 0.15) is 0 Å². The lowest BCUT2D eigenvalue weighted by Crippen LogP contribution is -2.63. The van der Waals surface area contributed by atoms with Crippen LogP contribution in [0.5, 0.6) is 0 Å². The van der Waals surface area contributed by atoms with E-state index >= 15 is 0 Å².